The van der Waals surface area contributed by atoms with E-state index in [0.717, 1.165) is 11.3 Å². The van der Waals surface area contributed by atoms with Crippen LogP contribution in [0, 0.1) is 0 Å². The minimum atomic E-state index is -0.764. The molecule has 25 heavy (non-hydrogen) atoms. The van der Waals surface area contributed by atoms with E-state index < -0.39 is 5.60 Å². The van der Waals surface area contributed by atoms with Gasteiger partial charge in [0.2, 0.25) is 0 Å². The zero-order valence-corrected chi connectivity index (χ0v) is 15.2. The molecule has 0 aromatic heterocycles. The highest BCUT2D eigenvalue weighted by Crippen LogP contribution is 2.38. The van der Waals surface area contributed by atoms with Crippen molar-refractivity contribution in [2.45, 2.75) is 32.3 Å². The van der Waals surface area contributed by atoms with Crippen molar-refractivity contribution in [3.8, 4) is 5.75 Å². The average molecular weight is 361 g/mol. The second-order valence-corrected chi connectivity index (χ2v) is 7.23. The van der Waals surface area contributed by atoms with Crippen LogP contribution in [0.25, 0.3) is 0 Å². The Bertz CT molecular complexity index is 828. The number of carbonyl (C=O) groups excluding carboxylic acids is 1. The van der Waals surface area contributed by atoms with Crippen LogP contribution >= 0.6 is 11.6 Å². The Labute approximate surface area is 152 Å². The lowest BCUT2D eigenvalue weighted by molar-refractivity contribution is 0.0712. The molecule has 1 heterocycles. The molecule has 2 aromatic rings. The van der Waals surface area contributed by atoms with Gasteiger partial charge < -0.3 is 20.5 Å². The maximum absolute atomic E-state index is 12.5. The zero-order valence-electron chi connectivity index (χ0n) is 14.4. The Morgan fingerprint density at radius 1 is 1.12 bits per heavy atom. The monoisotopic (exact) mass is 360 g/mol. The van der Waals surface area contributed by atoms with Crippen molar-refractivity contribution in [3.63, 3.8) is 0 Å². The number of hydrogen-bond donors (Lipinski definition) is 3. The number of hydrogen-bond acceptors (Lipinski definition) is 4. The zero-order chi connectivity index (χ0) is 18.2. The van der Waals surface area contributed by atoms with Crippen LogP contribution in [-0.4, -0.2) is 23.7 Å². The topological polar surface area (TPSA) is 70.6 Å². The van der Waals surface area contributed by atoms with Gasteiger partial charge in [-0.25, -0.2) is 0 Å². The van der Waals surface area contributed by atoms with Crippen LogP contribution in [0.15, 0.2) is 30.3 Å². The van der Waals surface area contributed by atoms with Crippen LogP contribution in [0.1, 0.15) is 36.2 Å². The number of carbonyl (C=O) groups is 1. The number of aryl methyl sites for hydroxylation is 1. The highest BCUT2D eigenvalue weighted by atomic mass is 35.5. The van der Waals surface area contributed by atoms with E-state index in [-0.39, 0.29) is 5.91 Å². The molecule has 132 valence electrons. The quantitative estimate of drug-likeness (QED) is 0.757. The van der Waals surface area contributed by atoms with Gasteiger partial charge >= 0.3 is 0 Å². The van der Waals surface area contributed by atoms with Gasteiger partial charge in [0.05, 0.1) is 35.3 Å². The number of anilines is 3. The Kier molecular flexibility index (Phi) is 4.62. The number of aliphatic hydroxyl groups is 1. The molecular weight excluding hydrogens is 340 g/mol. The number of rotatable bonds is 4. The first-order valence-electron chi connectivity index (χ1n) is 8.08. The summed E-state index contributed by atoms with van der Waals surface area (Å²) >= 11 is 6.06. The second-order valence-electron chi connectivity index (χ2n) is 6.79. The van der Waals surface area contributed by atoms with Crippen LogP contribution in [0.3, 0.4) is 0 Å². The lowest BCUT2D eigenvalue weighted by Crippen LogP contribution is -2.19. The molecule has 1 amide bonds. The van der Waals surface area contributed by atoms with Gasteiger partial charge in [-0.05, 0) is 56.5 Å². The predicted octanol–water partition coefficient (Wildman–Crippen LogP) is 4.36. The third kappa shape index (κ3) is 3.89. The normalized spacial score (nSPS) is 13.2. The van der Waals surface area contributed by atoms with E-state index in [4.69, 9.17) is 16.3 Å². The summed E-state index contributed by atoms with van der Waals surface area (Å²) in [6.45, 7) is 3.55. The van der Waals surface area contributed by atoms with Crippen LogP contribution in [0.4, 0.5) is 17.1 Å². The summed E-state index contributed by atoms with van der Waals surface area (Å²) in [6.07, 6.45) is 1.24. The van der Waals surface area contributed by atoms with Gasteiger partial charge in [-0.2, -0.15) is 0 Å². The molecule has 0 atom stereocenters. The van der Waals surface area contributed by atoms with Gasteiger partial charge in [-0.15, -0.1) is 0 Å². The van der Waals surface area contributed by atoms with Gasteiger partial charge in [0, 0.05) is 11.1 Å². The summed E-state index contributed by atoms with van der Waals surface area (Å²) in [7, 11) is 1.59. The number of halogens is 1. The van der Waals surface area contributed by atoms with Gasteiger partial charge in [0.1, 0.15) is 5.75 Å². The van der Waals surface area contributed by atoms with Crippen LogP contribution in [-0.2, 0) is 6.42 Å². The highest BCUT2D eigenvalue weighted by molar-refractivity contribution is 6.31. The summed E-state index contributed by atoms with van der Waals surface area (Å²) in [4.78, 5) is 12.5. The van der Waals surface area contributed by atoms with Crippen molar-refractivity contribution < 1.29 is 14.6 Å². The number of fused-ring (bicyclic) bond motifs is 2. The molecule has 0 aliphatic carbocycles. The first-order valence-corrected chi connectivity index (χ1v) is 8.46. The molecular formula is C19H21ClN2O3. The van der Waals surface area contributed by atoms with Crippen molar-refractivity contribution in [2.75, 3.05) is 17.7 Å². The van der Waals surface area contributed by atoms with Crippen molar-refractivity contribution in [3.05, 3.63) is 46.5 Å². The molecule has 0 saturated heterocycles. The smallest absolute Gasteiger partial charge is 0.257 e. The number of benzene rings is 2. The molecule has 5 nitrogen and oxygen atoms in total. The predicted molar refractivity (Wildman–Crippen MR) is 100 cm³/mol. The number of nitrogens with one attached hydrogen (secondary N) is 2. The van der Waals surface area contributed by atoms with Crippen LogP contribution in [0.2, 0.25) is 5.02 Å². The molecule has 0 spiro atoms. The molecule has 3 rings (SSSR count). The van der Waals surface area contributed by atoms with Gasteiger partial charge in [-0.3, -0.25) is 4.79 Å². The van der Waals surface area contributed by atoms with E-state index in [1.807, 2.05) is 6.07 Å². The van der Waals surface area contributed by atoms with E-state index in [0.29, 0.717) is 40.6 Å². The van der Waals surface area contributed by atoms with Crippen molar-refractivity contribution >= 4 is 34.6 Å². The summed E-state index contributed by atoms with van der Waals surface area (Å²) in [5.74, 6) is 0.471. The van der Waals surface area contributed by atoms with Crippen molar-refractivity contribution in [2.24, 2.45) is 0 Å². The maximum Gasteiger partial charge on any atom is 0.257 e. The Balaban J connectivity index is 2.02. The summed E-state index contributed by atoms with van der Waals surface area (Å²) in [5.41, 5.74) is 2.78. The number of methoxy groups -OCH3 is 1. The maximum atomic E-state index is 12.5. The molecule has 6 heteroatoms. The van der Waals surface area contributed by atoms with Crippen molar-refractivity contribution in [1.29, 1.82) is 0 Å². The summed E-state index contributed by atoms with van der Waals surface area (Å²) < 4.78 is 5.47. The van der Waals surface area contributed by atoms with E-state index in [9.17, 15) is 9.90 Å². The molecule has 2 aromatic carbocycles. The molecule has 1 aliphatic rings. The first kappa shape index (κ1) is 17.6. The fourth-order valence-electron chi connectivity index (χ4n) is 2.81. The van der Waals surface area contributed by atoms with Crippen LogP contribution in [0.5, 0.6) is 5.75 Å². The largest absolute Gasteiger partial charge is 0.496 e. The molecule has 0 radical (unpaired) electrons. The van der Waals surface area contributed by atoms with Gasteiger partial charge in [-0.1, -0.05) is 11.6 Å². The van der Waals surface area contributed by atoms with Crippen molar-refractivity contribution in [1.82, 2.24) is 0 Å². The molecule has 0 saturated carbocycles. The average Bonchev–Trinajstić information content (AvgIpc) is 2.66. The lowest BCUT2D eigenvalue weighted by atomic mass is 9.97. The summed E-state index contributed by atoms with van der Waals surface area (Å²) in [6, 6.07) is 8.85. The number of amides is 1. The van der Waals surface area contributed by atoms with Gasteiger partial charge in [0.15, 0.2) is 0 Å². The third-order valence-corrected chi connectivity index (χ3v) is 4.41. The molecule has 1 aliphatic heterocycles. The fourth-order valence-corrected chi connectivity index (χ4v) is 2.98. The molecule has 0 bridgehead atoms. The standard InChI is InChI=1S/C19H21ClN2O3/c1-19(2,24)7-6-11-8-15-16(10-17(11)25-3)22-18(23)13-5-4-12(20)9-14(13)21-15/h4-5,8-10,21,24H,6-7H2,1-3H3,(H,22,23). The van der Waals surface area contributed by atoms with E-state index >= 15 is 0 Å². The Morgan fingerprint density at radius 2 is 1.84 bits per heavy atom. The van der Waals surface area contributed by atoms with E-state index in [1.54, 1.807) is 45.2 Å². The van der Waals surface area contributed by atoms with Crippen LogP contribution < -0.4 is 15.4 Å². The van der Waals surface area contributed by atoms with Gasteiger partial charge in [0.25, 0.3) is 5.91 Å². The molecule has 0 fully saturated rings. The second kappa shape index (κ2) is 6.58. The minimum absolute atomic E-state index is 0.204. The molecule has 3 N–H and O–H groups in total. The first-order chi connectivity index (χ1) is 11.8. The Morgan fingerprint density at radius 3 is 2.52 bits per heavy atom. The molecule has 0 unspecified atom stereocenters. The highest BCUT2D eigenvalue weighted by Gasteiger charge is 2.22. The fraction of sp³-hybridized carbons (Fsp3) is 0.316. The van der Waals surface area contributed by atoms with E-state index in [2.05, 4.69) is 10.6 Å². The SMILES string of the molecule is COc1cc2c(cc1CCC(C)(C)O)Nc1cc(Cl)ccc1C(=O)N2. The Hall–Kier alpha value is -2.24. The number of ether oxygens (including phenoxy) is 1. The minimum Gasteiger partial charge on any atom is -0.496 e. The lowest BCUT2D eigenvalue weighted by Gasteiger charge is -2.19. The third-order valence-electron chi connectivity index (χ3n) is 4.17. The summed E-state index contributed by atoms with van der Waals surface area (Å²) in [5, 5.41) is 16.7. The van der Waals surface area contributed by atoms with E-state index in [1.165, 1.54) is 0 Å².